The van der Waals surface area contributed by atoms with Gasteiger partial charge in [-0.1, -0.05) is 38.1 Å². The van der Waals surface area contributed by atoms with Crippen molar-refractivity contribution in [1.29, 1.82) is 0 Å². The smallest absolute Gasteiger partial charge is 0.296 e. The molecule has 0 amide bonds. The zero-order chi connectivity index (χ0) is 14.8. The first-order valence-corrected chi connectivity index (χ1v) is 8.75. The Hall–Kier alpha value is -1.40. The summed E-state index contributed by atoms with van der Waals surface area (Å²) in [4.78, 5) is 0. The van der Waals surface area contributed by atoms with Gasteiger partial charge in [0, 0.05) is 22.8 Å². The molecule has 5 nitrogen and oxygen atoms in total. The van der Waals surface area contributed by atoms with Crippen LogP contribution >= 0.6 is 10.7 Å². The van der Waals surface area contributed by atoms with E-state index in [1.165, 1.54) is 5.56 Å². The van der Waals surface area contributed by atoms with Crippen molar-refractivity contribution in [2.45, 2.75) is 38.4 Å². The van der Waals surface area contributed by atoms with E-state index in [0.717, 1.165) is 18.4 Å². The maximum atomic E-state index is 11.5. The van der Waals surface area contributed by atoms with E-state index in [1.807, 2.05) is 31.2 Å². The molecule has 1 aromatic heterocycles. The SMILES string of the molecule is CCCn1c(-c2ccc(CC)cc2)nnc1S(=O)(=O)Cl. The van der Waals surface area contributed by atoms with Gasteiger partial charge in [-0.2, -0.15) is 0 Å². The molecule has 0 aliphatic carbocycles. The van der Waals surface area contributed by atoms with Crippen LogP contribution in [0.5, 0.6) is 0 Å². The lowest BCUT2D eigenvalue weighted by atomic mass is 10.1. The number of halogens is 1. The maximum absolute atomic E-state index is 11.5. The van der Waals surface area contributed by atoms with Crippen molar-refractivity contribution in [2.75, 3.05) is 0 Å². The van der Waals surface area contributed by atoms with E-state index in [4.69, 9.17) is 10.7 Å². The Labute approximate surface area is 123 Å². The quantitative estimate of drug-likeness (QED) is 0.796. The molecular formula is C13H16ClN3O2S. The van der Waals surface area contributed by atoms with Crippen LogP contribution in [0, 0.1) is 0 Å². The standard InChI is InChI=1S/C13H16ClN3O2S/c1-3-9-17-12(15-16-13(17)20(14,18)19)11-7-5-10(4-2)6-8-11/h5-8H,3-4,9H2,1-2H3. The van der Waals surface area contributed by atoms with Gasteiger partial charge in [0.05, 0.1) is 0 Å². The third-order valence-electron chi connectivity index (χ3n) is 3.00. The summed E-state index contributed by atoms with van der Waals surface area (Å²) in [5.41, 5.74) is 2.04. The topological polar surface area (TPSA) is 64.8 Å². The van der Waals surface area contributed by atoms with Gasteiger partial charge in [0.25, 0.3) is 14.2 Å². The minimum Gasteiger partial charge on any atom is -0.297 e. The summed E-state index contributed by atoms with van der Waals surface area (Å²) < 4.78 is 24.6. The Balaban J connectivity index is 2.53. The Morgan fingerprint density at radius 3 is 2.30 bits per heavy atom. The number of aryl methyl sites for hydroxylation is 1. The van der Waals surface area contributed by atoms with E-state index in [0.29, 0.717) is 12.4 Å². The van der Waals surface area contributed by atoms with Gasteiger partial charge in [-0.15, -0.1) is 10.2 Å². The molecule has 0 aliphatic heterocycles. The normalized spacial score (nSPS) is 11.8. The Morgan fingerprint density at radius 2 is 1.80 bits per heavy atom. The van der Waals surface area contributed by atoms with E-state index in [-0.39, 0.29) is 5.16 Å². The third-order valence-corrected chi connectivity index (χ3v) is 4.15. The summed E-state index contributed by atoms with van der Waals surface area (Å²) in [7, 11) is 1.50. The van der Waals surface area contributed by atoms with Gasteiger partial charge in [-0.25, -0.2) is 8.42 Å². The molecule has 0 bridgehead atoms. The fraction of sp³-hybridized carbons (Fsp3) is 0.385. The van der Waals surface area contributed by atoms with Gasteiger partial charge in [0.2, 0.25) is 0 Å². The van der Waals surface area contributed by atoms with E-state index < -0.39 is 9.05 Å². The number of hydrogen-bond acceptors (Lipinski definition) is 4. The Morgan fingerprint density at radius 1 is 1.15 bits per heavy atom. The van der Waals surface area contributed by atoms with Crippen LogP contribution in [0.25, 0.3) is 11.4 Å². The lowest BCUT2D eigenvalue weighted by Gasteiger charge is -2.07. The van der Waals surface area contributed by atoms with Gasteiger partial charge < -0.3 is 0 Å². The fourth-order valence-corrected chi connectivity index (χ4v) is 2.92. The second-order valence-electron chi connectivity index (χ2n) is 4.45. The van der Waals surface area contributed by atoms with Gasteiger partial charge >= 0.3 is 0 Å². The summed E-state index contributed by atoms with van der Waals surface area (Å²) >= 11 is 0. The van der Waals surface area contributed by atoms with Crippen molar-refractivity contribution in [3.05, 3.63) is 29.8 Å². The van der Waals surface area contributed by atoms with Crippen molar-refractivity contribution in [3.63, 3.8) is 0 Å². The molecule has 2 rings (SSSR count). The van der Waals surface area contributed by atoms with Crippen LogP contribution < -0.4 is 0 Å². The van der Waals surface area contributed by atoms with Gasteiger partial charge in [0.15, 0.2) is 5.82 Å². The van der Waals surface area contributed by atoms with Gasteiger partial charge in [-0.3, -0.25) is 4.57 Å². The Kier molecular flexibility index (Phi) is 4.45. The molecule has 20 heavy (non-hydrogen) atoms. The molecular weight excluding hydrogens is 298 g/mol. The summed E-state index contributed by atoms with van der Waals surface area (Å²) in [6.07, 6.45) is 1.71. The molecule has 0 unspecified atom stereocenters. The van der Waals surface area contributed by atoms with Crippen LogP contribution in [0.15, 0.2) is 29.4 Å². The monoisotopic (exact) mass is 313 g/mol. The minimum atomic E-state index is -3.89. The number of hydrogen-bond donors (Lipinski definition) is 0. The lowest BCUT2D eigenvalue weighted by Crippen LogP contribution is -2.07. The first-order valence-electron chi connectivity index (χ1n) is 6.44. The van der Waals surface area contributed by atoms with Gasteiger partial charge in [-0.05, 0) is 18.4 Å². The van der Waals surface area contributed by atoms with Crippen LogP contribution in [0.1, 0.15) is 25.8 Å². The summed E-state index contributed by atoms with van der Waals surface area (Å²) in [5, 5.41) is 7.50. The molecule has 7 heteroatoms. The highest BCUT2D eigenvalue weighted by Gasteiger charge is 2.22. The van der Waals surface area contributed by atoms with Crippen LogP contribution in [-0.4, -0.2) is 23.2 Å². The van der Waals surface area contributed by atoms with Crippen molar-refractivity contribution in [2.24, 2.45) is 0 Å². The molecule has 2 aromatic rings. The molecule has 0 saturated carbocycles. The number of rotatable bonds is 5. The van der Waals surface area contributed by atoms with Crippen molar-refractivity contribution in [1.82, 2.24) is 14.8 Å². The van der Waals surface area contributed by atoms with E-state index in [1.54, 1.807) is 4.57 Å². The highest BCUT2D eigenvalue weighted by molar-refractivity contribution is 8.13. The van der Waals surface area contributed by atoms with Crippen molar-refractivity contribution < 1.29 is 8.42 Å². The van der Waals surface area contributed by atoms with Crippen molar-refractivity contribution in [3.8, 4) is 11.4 Å². The molecule has 0 atom stereocenters. The van der Waals surface area contributed by atoms with E-state index in [9.17, 15) is 8.42 Å². The molecule has 0 fully saturated rings. The first-order chi connectivity index (χ1) is 9.47. The molecule has 1 heterocycles. The predicted molar refractivity (Wildman–Crippen MR) is 78.2 cm³/mol. The Bertz CT molecular complexity index is 693. The number of benzene rings is 1. The predicted octanol–water partition coefficient (Wildman–Crippen LogP) is 2.85. The molecule has 0 N–H and O–H groups in total. The van der Waals surface area contributed by atoms with Crippen molar-refractivity contribution >= 4 is 19.7 Å². The summed E-state index contributed by atoms with van der Waals surface area (Å²) in [6, 6.07) is 7.82. The molecule has 0 radical (unpaired) electrons. The van der Waals surface area contributed by atoms with Crippen LogP contribution in [0.4, 0.5) is 0 Å². The molecule has 0 aliphatic rings. The maximum Gasteiger partial charge on any atom is 0.296 e. The molecule has 0 spiro atoms. The van der Waals surface area contributed by atoms with E-state index >= 15 is 0 Å². The third kappa shape index (κ3) is 3.02. The molecule has 1 aromatic carbocycles. The fourth-order valence-electron chi connectivity index (χ4n) is 2.00. The van der Waals surface area contributed by atoms with Crippen LogP contribution in [0.2, 0.25) is 0 Å². The van der Waals surface area contributed by atoms with E-state index in [2.05, 4.69) is 17.1 Å². The van der Waals surface area contributed by atoms with Crippen LogP contribution in [-0.2, 0) is 22.0 Å². The van der Waals surface area contributed by atoms with Crippen LogP contribution in [0.3, 0.4) is 0 Å². The number of nitrogens with zero attached hydrogens (tertiary/aromatic N) is 3. The zero-order valence-corrected chi connectivity index (χ0v) is 12.9. The molecule has 0 saturated heterocycles. The first kappa shape index (κ1) is 15.0. The highest BCUT2D eigenvalue weighted by atomic mass is 35.7. The van der Waals surface area contributed by atoms with Gasteiger partial charge in [0.1, 0.15) is 0 Å². The average Bonchev–Trinajstić information content (AvgIpc) is 2.83. The lowest BCUT2D eigenvalue weighted by molar-refractivity contribution is 0.570. The zero-order valence-electron chi connectivity index (χ0n) is 11.4. The largest absolute Gasteiger partial charge is 0.297 e. The summed E-state index contributed by atoms with van der Waals surface area (Å²) in [6.45, 7) is 4.53. The minimum absolute atomic E-state index is 0.199. The summed E-state index contributed by atoms with van der Waals surface area (Å²) in [5.74, 6) is 0.522. The average molecular weight is 314 g/mol. The molecule has 108 valence electrons. The second kappa shape index (κ2) is 5.93. The number of aromatic nitrogens is 3. The highest BCUT2D eigenvalue weighted by Crippen LogP contribution is 2.23. The second-order valence-corrected chi connectivity index (χ2v) is 6.91.